The van der Waals surface area contributed by atoms with Gasteiger partial charge >= 0.3 is 0 Å². The van der Waals surface area contributed by atoms with E-state index in [-0.39, 0.29) is 5.56 Å². The number of hydrogen-bond acceptors (Lipinski definition) is 6. The summed E-state index contributed by atoms with van der Waals surface area (Å²) in [6, 6.07) is 1.06. The SMILES string of the molecule is CN(Cc1nccs1)[C@H]1CC12CCN(c1nccn(C3CC3)c1=O)CC2. The maximum Gasteiger partial charge on any atom is 0.293 e. The van der Waals surface area contributed by atoms with Crippen LogP contribution in [-0.2, 0) is 6.54 Å². The van der Waals surface area contributed by atoms with Gasteiger partial charge in [0.15, 0.2) is 5.82 Å². The molecule has 3 aliphatic rings. The monoisotopic (exact) mass is 371 g/mol. The molecule has 26 heavy (non-hydrogen) atoms. The molecule has 2 aliphatic carbocycles. The topological polar surface area (TPSA) is 54.3 Å². The van der Waals surface area contributed by atoms with Crippen molar-refractivity contribution < 1.29 is 0 Å². The average Bonchev–Trinajstić information content (AvgIpc) is 3.55. The van der Waals surface area contributed by atoms with Crippen LogP contribution in [0.5, 0.6) is 0 Å². The fourth-order valence-corrected chi connectivity index (χ4v) is 5.26. The zero-order valence-electron chi connectivity index (χ0n) is 15.2. The van der Waals surface area contributed by atoms with Crippen molar-refractivity contribution in [1.29, 1.82) is 0 Å². The molecule has 0 amide bonds. The first-order chi connectivity index (χ1) is 12.7. The van der Waals surface area contributed by atoms with Gasteiger partial charge in [-0.3, -0.25) is 9.69 Å². The molecule has 3 fully saturated rings. The van der Waals surface area contributed by atoms with Gasteiger partial charge in [-0.1, -0.05) is 0 Å². The third kappa shape index (κ3) is 2.87. The third-order valence-corrected chi connectivity index (χ3v) is 7.16. The lowest BCUT2D eigenvalue weighted by Crippen LogP contribution is -2.41. The molecule has 5 rings (SSSR count). The predicted octanol–water partition coefficient (Wildman–Crippen LogP) is 2.53. The first kappa shape index (κ1) is 16.4. The summed E-state index contributed by atoms with van der Waals surface area (Å²) in [5, 5.41) is 3.24. The van der Waals surface area contributed by atoms with Gasteiger partial charge in [-0.05, 0) is 44.6 Å². The lowest BCUT2D eigenvalue weighted by molar-refractivity contribution is 0.238. The van der Waals surface area contributed by atoms with Crippen LogP contribution in [0.3, 0.4) is 0 Å². The quantitative estimate of drug-likeness (QED) is 0.808. The van der Waals surface area contributed by atoms with Crippen LogP contribution in [-0.4, -0.2) is 45.6 Å². The van der Waals surface area contributed by atoms with Crippen molar-refractivity contribution in [3.8, 4) is 0 Å². The summed E-state index contributed by atoms with van der Waals surface area (Å²) >= 11 is 1.73. The van der Waals surface area contributed by atoms with Crippen LogP contribution in [0.25, 0.3) is 0 Å². The molecule has 6 nitrogen and oxygen atoms in total. The Labute approximate surface area is 157 Å². The Bertz CT molecular complexity index is 836. The van der Waals surface area contributed by atoms with Crippen molar-refractivity contribution in [2.75, 3.05) is 25.0 Å². The number of piperidine rings is 1. The minimum atomic E-state index is 0.0965. The van der Waals surface area contributed by atoms with Gasteiger partial charge in [-0.2, -0.15) is 0 Å². The van der Waals surface area contributed by atoms with Crippen LogP contribution in [0.15, 0.2) is 28.8 Å². The zero-order valence-corrected chi connectivity index (χ0v) is 16.0. The Balaban J connectivity index is 1.23. The first-order valence-electron chi connectivity index (χ1n) is 9.57. The average molecular weight is 372 g/mol. The van der Waals surface area contributed by atoms with E-state index >= 15 is 0 Å². The highest BCUT2D eigenvalue weighted by Gasteiger charge is 2.56. The van der Waals surface area contributed by atoms with Gasteiger partial charge in [0.25, 0.3) is 5.56 Å². The van der Waals surface area contributed by atoms with Crippen molar-refractivity contribution in [3.63, 3.8) is 0 Å². The van der Waals surface area contributed by atoms with E-state index in [2.05, 4.69) is 26.8 Å². The Morgan fingerprint density at radius 2 is 2.08 bits per heavy atom. The molecular weight excluding hydrogens is 346 g/mol. The maximum atomic E-state index is 12.7. The van der Waals surface area contributed by atoms with E-state index in [9.17, 15) is 4.79 Å². The smallest absolute Gasteiger partial charge is 0.293 e. The molecule has 0 aromatic carbocycles. The highest BCUT2D eigenvalue weighted by Crippen LogP contribution is 2.56. The van der Waals surface area contributed by atoms with Crippen LogP contribution in [0, 0.1) is 5.41 Å². The summed E-state index contributed by atoms with van der Waals surface area (Å²) in [5.41, 5.74) is 0.534. The van der Waals surface area contributed by atoms with E-state index in [0.717, 1.165) is 45.3 Å². The van der Waals surface area contributed by atoms with E-state index in [1.165, 1.54) is 11.4 Å². The molecular formula is C19H25N5OS. The number of hydrogen-bond donors (Lipinski definition) is 0. The molecule has 1 spiro atoms. The minimum Gasteiger partial charge on any atom is -0.352 e. The Kier molecular flexibility index (Phi) is 3.90. The molecule has 1 aliphatic heterocycles. The fourth-order valence-electron chi connectivity index (χ4n) is 4.58. The molecule has 3 heterocycles. The lowest BCUT2D eigenvalue weighted by atomic mass is 9.92. The van der Waals surface area contributed by atoms with E-state index in [4.69, 9.17) is 0 Å². The molecule has 0 radical (unpaired) electrons. The molecule has 1 saturated heterocycles. The second-order valence-corrected chi connectivity index (χ2v) is 9.08. The molecule has 0 N–H and O–H groups in total. The Morgan fingerprint density at radius 3 is 2.77 bits per heavy atom. The van der Waals surface area contributed by atoms with Gasteiger partial charge in [0, 0.05) is 49.1 Å². The van der Waals surface area contributed by atoms with E-state index in [1.54, 1.807) is 17.5 Å². The molecule has 0 unspecified atom stereocenters. The predicted molar refractivity (Wildman–Crippen MR) is 103 cm³/mol. The fraction of sp³-hybridized carbons (Fsp3) is 0.632. The second-order valence-electron chi connectivity index (χ2n) is 8.10. The van der Waals surface area contributed by atoms with Gasteiger partial charge in [0.1, 0.15) is 5.01 Å². The number of anilines is 1. The molecule has 2 aromatic heterocycles. The number of rotatable bonds is 5. The number of aromatic nitrogens is 3. The lowest BCUT2D eigenvalue weighted by Gasteiger charge is -2.34. The summed E-state index contributed by atoms with van der Waals surface area (Å²) in [7, 11) is 2.22. The van der Waals surface area contributed by atoms with E-state index in [1.807, 2.05) is 22.3 Å². The molecule has 7 heteroatoms. The zero-order chi connectivity index (χ0) is 17.7. The largest absolute Gasteiger partial charge is 0.352 e. The van der Waals surface area contributed by atoms with Gasteiger partial charge in [0.2, 0.25) is 0 Å². The summed E-state index contributed by atoms with van der Waals surface area (Å²) < 4.78 is 1.88. The van der Waals surface area contributed by atoms with Gasteiger partial charge in [-0.25, -0.2) is 9.97 Å². The third-order valence-electron chi connectivity index (χ3n) is 6.40. The molecule has 138 valence electrons. The van der Waals surface area contributed by atoms with Crippen molar-refractivity contribution >= 4 is 17.2 Å². The number of nitrogens with zero attached hydrogens (tertiary/aromatic N) is 5. The van der Waals surface area contributed by atoms with E-state index in [0.29, 0.717) is 23.3 Å². The molecule has 2 saturated carbocycles. The summed E-state index contributed by atoms with van der Waals surface area (Å²) in [6.45, 7) is 2.83. The van der Waals surface area contributed by atoms with Crippen LogP contribution in [0.1, 0.15) is 43.2 Å². The van der Waals surface area contributed by atoms with Crippen LogP contribution in [0.2, 0.25) is 0 Å². The van der Waals surface area contributed by atoms with Crippen molar-refractivity contribution in [3.05, 3.63) is 39.3 Å². The first-order valence-corrected chi connectivity index (χ1v) is 10.4. The Hall–Kier alpha value is -1.73. The molecule has 0 bridgehead atoms. The highest BCUT2D eigenvalue weighted by atomic mass is 32.1. The van der Waals surface area contributed by atoms with Crippen molar-refractivity contribution in [2.45, 2.75) is 50.7 Å². The molecule has 1 atom stereocenters. The van der Waals surface area contributed by atoms with Crippen LogP contribution < -0.4 is 10.5 Å². The van der Waals surface area contributed by atoms with Gasteiger partial charge in [-0.15, -0.1) is 11.3 Å². The summed E-state index contributed by atoms with van der Waals surface area (Å²) in [5.74, 6) is 0.655. The minimum absolute atomic E-state index is 0.0965. The normalized spacial score (nSPS) is 24.4. The van der Waals surface area contributed by atoms with Crippen molar-refractivity contribution in [1.82, 2.24) is 19.4 Å². The van der Waals surface area contributed by atoms with Crippen LogP contribution >= 0.6 is 11.3 Å². The second kappa shape index (κ2) is 6.16. The van der Waals surface area contributed by atoms with Crippen LogP contribution in [0.4, 0.5) is 5.82 Å². The van der Waals surface area contributed by atoms with Gasteiger partial charge < -0.3 is 9.47 Å². The number of thiazole rings is 1. The summed E-state index contributed by atoms with van der Waals surface area (Å²) in [6.07, 6.45) is 11.4. The maximum absolute atomic E-state index is 12.7. The van der Waals surface area contributed by atoms with E-state index < -0.39 is 0 Å². The molecule has 2 aromatic rings. The van der Waals surface area contributed by atoms with Crippen molar-refractivity contribution in [2.24, 2.45) is 5.41 Å². The highest BCUT2D eigenvalue weighted by molar-refractivity contribution is 7.09. The standard InChI is InChI=1S/C19H25N5OS/c1-22(13-16-20-7-11-26-16)15-12-19(15)4-8-23(9-5-19)17-18(25)24(10-6-21-17)14-2-3-14/h6-7,10-11,14-15H,2-5,8-9,12-13H2,1H3/t15-/m0/s1. The Morgan fingerprint density at radius 1 is 1.27 bits per heavy atom. The summed E-state index contributed by atoms with van der Waals surface area (Å²) in [4.78, 5) is 26.2. The van der Waals surface area contributed by atoms with Gasteiger partial charge in [0.05, 0.1) is 6.54 Å².